The van der Waals surface area contributed by atoms with Gasteiger partial charge in [-0.05, 0) is 24.0 Å². The molecule has 0 saturated heterocycles. The minimum Gasteiger partial charge on any atom is -0.481 e. The number of aliphatic carboxylic acids is 1. The zero-order chi connectivity index (χ0) is 16.2. The molecule has 6 heteroatoms. The normalized spacial score (nSPS) is 12.8. The first kappa shape index (κ1) is 16.9. The van der Waals surface area contributed by atoms with Crippen LogP contribution in [0.25, 0.3) is 0 Å². The molecule has 21 heavy (non-hydrogen) atoms. The van der Waals surface area contributed by atoms with Crippen LogP contribution < -0.4 is 11.1 Å². The smallest absolute Gasteiger partial charge is 0.308 e. The van der Waals surface area contributed by atoms with Crippen LogP contribution in [0.1, 0.15) is 37.6 Å². The Labute approximate surface area is 123 Å². The number of halogens is 1. The standard InChI is InChI=1S/C15H21FN2O3/c1-15(2,3)7-9(14(20)21)8-18-11-6-4-5-10(16)12(11)13(17)19/h4-6,9,18H,7-8H2,1-3H3,(H2,17,19)(H,20,21). The fourth-order valence-electron chi connectivity index (χ4n) is 2.14. The van der Waals surface area contributed by atoms with Crippen molar-refractivity contribution in [1.82, 2.24) is 0 Å². The number of amides is 1. The number of nitrogens with one attached hydrogen (secondary N) is 1. The topological polar surface area (TPSA) is 92.4 Å². The lowest BCUT2D eigenvalue weighted by atomic mass is 9.84. The number of carboxylic acids is 1. The van der Waals surface area contributed by atoms with E-state index in [-0.39, 0.29) is 23.2 Å². The third-order valence-corrected chi connectivity index (χ3v) is 3.01. The largest absolute Gasteiger partial charge is 0.481 e. The van der Waals surface area contributed by atoms with E-state index in [1.807, 2.05) is 20.8 Å². The third-order valence-electron chi connectivity index (χ3n) is 3.01. The highest BCUT2D eigenvalue weighted by molar-refractivity contribution is 5.98. The summed E-state index contributed by atoms with van der Waals surface area (Å²) < 4.78 is 13.6. The van der Waals surface area contributed by atoms with Gasteiger partial charge in [-0.1, -0.05) is 26.8 Å². The molecule has 0 spiro atoms. The van der Waals surface area contributed by atoms with Gasteiger partial charge < -0.3 is 16.2 Å². The van der Waals surface area contributed by atoms with Gasteiger partial charge in [0.05, 0.1) is 11.5 Å². The van der Waals surface area contributed by atoms with Crippen LogP contribution in [0.5, 0.6) is 0 Å². The van der Waals surface area contributed by atoms with Crippen LogP contribution in [0.4, 0.5) is 10.1 Å². The Hall–Kier alpha value is -2.11. The van der Waals surface area contributed by atoms with Crippen LogP contribution in [0.2, 0.25) is 0 Å². The van der Waals surface area contributed by atoms with Gasteiger partial charge in [-0.2, -0.15) is 0 Å². The molecule has 0 aliphatic carbocycles. The summed E-state index contributed by atoms with van der Waals surface area (Å²) in [5, 5.41) is 12.1. The van der Waals surface area contributed by atoms with Crippen LogP contribution in [0, 0.1) is 17.2 Å². The number of carbonyl (C=O) groups is 2. The molecule has 116 valence electrons. The van der Waals surface area contributed by atoms with E-state index in [2.05, 4.69) is 5.32 Å². The van der Waals surface area contributed by atoms with Gasteiger partial charge in [0.1, 0.15) is 5.82 Å². The van der Waals surface area contributed by atoms with Gasteiger partial charge in [0.2, 0.25) is 0 Å². The highest BCUT2D eigenvalue weighted by Crippen LogP contribution is 2.26. The molecule has 0 fully saturated rings. The first-order valence-corrected chi connectivity index (χ1v) is 6.67. The Morgan fingerprint density at radius 1 is 1.38 bits per heavy atom. The van der Waals surface area contributed by atoms with E-state index in [4.69, 9.17) is 5.73 Å². The number of hydrogen-bond acceptors (Lipinski definition) is 3. The predicted molar refractivity (Wildman–Crippen MR) is 78.6 cm³/mol. The number of benzene rings is 1. The van der Waals surface area contributed by atoms with E-state index < -0.39 is 23.6 Å². The number of carbonyl (C=O) groups excluding carboxylic acids is 1. The zero-order valence-corrected chi connectivity index (χ0v) is 12.4. The molecular weight excluding hydrogens is 275 g/mol. The first-order chi connectivity index (χ1) is 9.61. The lowest BCUT2D eigenvalue weighted by Crippen LogP contribution is -2.28. The molecule has 0 aliphatic heterocycles. The van der Waals surface area contributed by atoms with Gasteiger partial charge in [-0.15, -0.1) is 0 Å². The monoisotopic (exact) mass is 296 g/mol. The van der Waals surface area contributed by atoms with Gasteiger partial charge in [0.15, 0.2) is 0 Å². The quantitative estimate of drug-likeness (QED) is 0.752. The second-order valence-corrected chi connectivity index (χ2v) is 6.21. The summed E-state index contributed by atoms with van der Waals surface area (Å²) in [6, 6.07) is 4.07. The van der Waals surface area contributed by atoms with Crippen LogP contribution in [0.15, 0.2) is 18.2 Å². The number of primary amides is 1. The molecule has 0 saturated carbocycles. The second kappa shape index (κ2) is 6.56. The molecule has 1 aromatic rings. The van der Waals surface area contributed by atoms with Gasteiger partial charge >= 0.3 is 5.97 Å². The third kappa shape index (κ3) is 5.06. The number of carboxylic acid groups (broad SMARTS) is 1. The Bertz CT molecular complexity index is 538. The van der Waals surface area contributed by atoms with Gasteiger partial charge in [-0.3, -0.25) is 9.59 Å². The van der Waals surface area contributed by atoms with Crippen molar-refractivity contribution in [3.05, 3.63) is 29.6 Å². The van der Waals surface area contributed by atoms with Crippen molar-refractivity contribution in [2.75, 3.05) is 11.9 Å². The maximum Gasteiger partial charge on any atom is 0.308 e. The second-order valence-electron chi connectivity index (χ2n) is 6.21. The summed E-state index contributed by atoms with van der Waals surface area (Å²) in [6.45, 7) is 5.93. The Kier molecular flexibility index (Phi) is 5.29. The molecule has 0 heterocycles. The molecule has 1 unspecified atom stereocenters. The van der Waals surface area contributed by atoms with E-state index in [1.165, 1.54) is 12.1 Å². The van der Waals surface area contributed by atoms with E-state index in [9.17, 15) is 19.1 Å². The maximum absolute atomic E-state index is 13.6. The molecule has 1 aromatic carbocycles. The van der Waals surface area contributed by atoms with E-state index in [0.29, 0.717) is 6.42 Å². The highest BCUT2D eigenvalue weighted by atomic mass is 19.1. The first-order valence-electron chi connectivity index (χ1n) is 6.67. The molecule has 1 rings (SSSR count). The van der Waals surface area contributed by atoms with Crippen molar-refractivity contribution in [1.29, 1.82) is 0 Å². The average molecular weight is 296 g/mol. The number of hydrogen-bond donors (Lipinski definition) is 3. The molecular formula is C15H21FN2O3. The van der Waals surface area contributed by atoms with E-state index in [0.717, 1.165) is 6.07 Å². The van der Waals surface area contributed by atoms with Crippen LogP contribution in [-0.4, -0.2) is 23.5 Å². The van der Waals surface area contributed by atoms with E-state index in [1.54, 1.807) is 0 Å². The number of nitrogens with two attached hydrogens (primary N) is 1. The summed E-state index contributed by atoms with van der Waals surface area (Å²) >= 11 is 0. The summed E-state index contributed by atoms with van der Waals surface area (Å²) in [5.41, 5.74) is 4.95. The number of anilines is 1. The van der Waals surface area contributed by atoms with Crippen LogP contribution in [0.3, 0.4) is 0 Å². The molecule has 0 bridgehead atoms. The van der Waals surface area contributed by atoms with Gasteiger partial charge in [0.25, 0.3) is 5.91 Å². The summed E-state index contributed by atoms with van der Waals surface area (Å²) in [6.07, 6.45) is 0.455. The fourth-order valence-corrected chi connectivity index (χ4v) is 2.14. The molecule has 5 nitrogen and oxygen atoms in total. The lowest BCUT2D eigenvalue weighted by Gasteiger charge is -2.24. The minimum absolute atomic E-state index is 0.0936. The molecule has 4 N–H and O–H groups in total. The summed E-state index contributed by atoms with van der Waals surface area (Å²) in [4.78, 5) is 22.6. The van der Waals surface area contributed by atoms with Crippen molar-refractivity contribution in [2.24, 2.45) is 17.1 Å². The van der Waals surface area contributed by atoms with Gasteiger partial charge in [0, 0.05) is 12.2 Å². The molecule has 0 aliphatic rings. The number of rotatable bonds is 6. The Morgan fingerprint density at radius 3 is 2.48 bits per heavy atom. The highest BCUT2D eigenvalue weighted by Gasteiger charge is 2.25. The lowest BCUT2D eigenvalue weighted by molar-refractivity contribution is -0.142. The summed E-state index contributed by atoms with van der Waals surface area (Å²) in [7, 11) is 0. The fraction of sp³-hybridized carbons (Fsp3) is 0.467. The maximum atomic E-state index is 13.6. The minimum atomic E-state index is -0.936. The van der Waals surface area contributed by atoms with Gasteiger partial charge in [-0.25, -0.2) is 4.39 Å². The SMILES string of the molecule is CC(C)(C)CC(CNc1cccc(F)c1C(N)=O)C(=O)O. The van der Waals surface area contributed by atoms with Crippen molar-refractivity contribution in [2.45, 2.75) is 27.2 Å². The molecule has 0 aromatic heterocycles. The van der Waals surface area contributed by atoms with Crippen molar-refractivity contribution < 1.29 is 19.1 Å². The van der Waals surface area contributed by atoms with E-state index >= 15 is 0 Å². The van der Waals surface area contributed by atoms with Crippen molar-refractivity contribution in [3.8, 4) is 0 Å². The predicted octanol–water partition coefficient (Wildman–Crippen LogP) is 2.47. The molecule has 1 amide bonds. The molecule has 0 radical (unpaired) electrons. The average Bonchev–Trinajstić information content (AvgIpc) is 2.32. The Balaban J connectivity index is 2.89. The van der Waals surface area contributed by atoms with Crippen molar-refractivity contribution >= 4 is 17.6 Å². The van der Waals surface area contributed by atoms with Crippen molar-refractivity contribution in [3.63, 3.8) is 0 Å². The summed E-state index contributed by atoms with van der Waals surface area (Å²) in [5.74, 6) is -3.20. The zero-order valence-electron chi connectivity index (χ0n) is 12.4. The molecule has 1 atom stereocenters. The van der Waals surface area contributed by atoms with Crippen LogP contribution in [-0.2, 0) is 4.79 Å². The Morgan fingerprint density at radius 2 is 2.00 bits per heavy atom. The van der Waals surface area contributed by atoms with Crippen LogP contribution >= 0.6 is 0 Å².